The van der Waals surface area contributed by atoms with E-state index in [1.807, 2.05) is 18.2 Å². The Hall–Kier alpha value is -0.530. The van der Waals surface area contributed by atoms with Crippen LogP contribution in [-0.2, 0) is 9.53 Å². The van der Waals surface area contributed by atoms with Gasteiger partial charge in [0.15, 0.2) is 0 Å². The summed E-state index contributed by atoms with van der Waals surface area (Å²) >= 11 is 3.44. The summed E-state index contributed by atoms with van der Waals surface area (Å²) in [6.45, 7) is 6.23. The highest BCUT2D eigenvalue weighted by Gasteiger charge is 2.17. The van der Waals surface area contributed by atoms with Gasteiger partial charge in [-0.25, -0.2) is 0 Å². The monoisotopic (exact) mass is 427 g/mol. The Morgan fingerprint density at radius 3 is 2.74 bits per heavy atom. The van der Waals surface area contributed by atoms with Crippen molar-refractivity contribution in [1.29, 1.82) is 0 Å². The molecule has 1 heterocycles. The largest absolute Gasteiger partial charge is 0.381 e. The van der Waals surface area contributed by atoms with Gasteiger partial charge < -0.3 is 20.7 Å². The van der Waals surface area contributed by atoms with Gasteiger partial charge in [0, 0.05) is 29.5 Å². The fourth-order valence-electron chi connectivity index (χ4n) is 2.23. The normalized spacial score (nSPS) is 17.0. The zero-order valence-electron chi connectivity index (χ0n) is 13.2. The van der Waals surface area contributed by atoms with Crippen molar-refractivity contribution in [3.63, 3.8) is 0 Å². The van der Waals surface area contributed by atoms with Crippen LogP contribution in [-0.4, -0.2) is 37.7 Å². The van der Waals surface area contributed by atoms with Crippen LogP contribution in [0, 0.1) is 0 Å². The molecule has 5 nitrogen and oxygen atoms in total. The van der Waals surface area contributed by atoms with Crippen molar-refractivity contribution in [1.82, 2.24) is 5.32 Å². The van der Waals surface area contributed by atoms with E-state index in [0.29, 0.717) is 25.7 Å². The first kappa shape index (κ1) is 22.5. The maximum Gasteiger partial charge on any atom is 0.226 e. The maximum atomic E-state index is 12.2. The van der Waals surface area contributed by atoms with Gasteiger partial charge in [-0.15, -0.1) is 24.8 Å². The third-order valence-corrected chi connectivity index (χ3v) is 3.62. The lowest BCUT2D eigenvalue weighted by Gasteiger charge is -2.23. The van der Waals surface area contributed by atoms with E-state index in [4.69, 9.17) is 4.74 Å². The van der Waals surface area contributed by atoms with Gasteiger partial charge in [-0.05, 0) is 32.0 Å². The minimum atomic E-state index is -0.0112. The summed E-state index contributed by atoms with van der Waals surface area (Å²) in [6, 6.07) is 6.22. The molecule has 0 aliphatic carbocycles. The van der Waals surface area contributed by atoms with Crippen LogP contribution in [0.15, 0.2) is 22.7 Å². The number of hydrogen-bond acceptors (Lipinski definition) is 4. The van der Waals surface area contributed by atoms with Crippen LogP contribution in [0.3, 0.4) is 0 Å². The quantitative estimate of drug-likeness (QED) is 0.672. The fraction of sp³-hybridized carbons (Fsp3) is 0.533. The van der Waals surface area contributed by atoms with E-state index in [0.717, 1.165) is 22.4 Å². The Morgan fingerprint density at radius 1 is 1.39 bits per heavy atom. The Balaban J connectivity index is 0.00000242. The molecule has 0 radical (unpaired) electrons. The van der Waals surface area contributed by atoms with Crippen LogP contribution in [0.25, 0.3) is 0 Å². The van der Waals surface area contributed by atoms with Gasteiger partial charge in [0.2, 0.25) is 5.91 Å². The molecule has 1 fully saturated rings. The lowest BCUT2D eigenvalue weighted by atomic mass is 10.1. The van der Waals surface area contributed by atoms with Gasteiger partial charge in [-0.3, -0.25) is 4.79 Å². The number of halogens is 3. The van der Waals surface area contributed by atoms with Crippen LogP contribution in [0.5, 0.6) is 0 Å². The van der Waals surface area contributed by atoms with Crippen LogP contribution in [0.1, 0.15) is 20.3 Å². The number of rotatable bonds is 5. The highest BCUT2D eigenvalue weighted by atomic mass is 79.9. The summed E-state index contributed by atoms with van der Waals surface area (Å²) in [6.07, 6.45) is 0.410. The molecular formula is C15H24BrCl2N3O2. The number of anilines is 2. The lowest BCUT2D eigenvalue weighted by Crippen LogP contribution is -2.43. The first-order chi connectivity index (χ1) is 10.0. The molecule has 1 aliphatic rings. The lowest BCUT2D eigenvalue weighted by molar-refractivity contribution is -0.117. The summed E-state index contributed by atoms with van der Waals surface area (Å²) < 4.78 is 6.30. The summed E-state index contributed by atoms with van der Waals surface area (Å²) in [4.78, 5) is 12.2. The van der Waals surface area contributed by atoms with Crippen molar-refractivity contribution in [2.75, 3.05) is 30.4 Å². The van der Waals surface area contributed by atoms with Gasteiger partial charge in [0.05, 0.1) is 24.6 Å². The molecule has 8 heteroatoms. The van der Waals surface area contributed by atoms with E-state index in [2.05, 4.69) is 45.7 Å². The number of amides is 1. The highest BCUT2D eigenvalue weighted by Crippen LogP contribution is 2.27. The van der Waals surface area contributed by atoms with E-state index >= 15 is 0 Å². The molecule has 1 unspecified atom stereocenters. The Labute approximate surface area is 158 Å². The summed E-state index contributed by atoms with van der Waals surface area (Å²) in [5.74, 6) is -0.0112. The molecule has 0 bridgehead atoms. The average molecular weight is 429 g/mol. The van der Waals surface area contributed by atoms with E-state index in [9.17, 15) is 4.79 Å². The zero-order valence-corrected chi connectivity index (χ0v) is 16.4. The van der Waals surface area contributed by atoms with Crippen molar-refractivity contribution in [3.05, 3.63) is 22.7 Å². The molecule has 0 aromatic heterocycles. The number of benzene rings is 1. The number of ether oxygens (including phenoxy) is 1. The molecule has 1 atom stereocenters. The van der Waals surface area contributed by atoms with Gasteiger partial charge in [0.1, 0.15) is 0 Å². The molecular weight excluding hydrogens is 405 g/mol. The minimum absolute atomic E-state index is 0. The van der Waals surface area contributed by atoms with E-state index in [1.165, 1.54) is 0 Å². The molecule has 132 valence electrons. The highest BCUT2D eigenvalue weighted by molar-refractivity contribution is 9.10. The molecule has 0 spiro atoms. The zero-order chi connectivity index (χ0) is 15.2. The van der Waals surface area contributed by atoms with Crippen LogP contribution < -0.4 is 16.0 Å². The van der Waals surface area contributed by atoms with Crippen molar-refractivity contribution in [2.45, 2.75) is 32.4 Å². The molecule has 2 rings (SSSR count). The van der Waals surface area contributed by atoms with E-state index < -0.39 is 0 Å². The average Bonchev–Trinajstić information content (AvgIpc) is 2.42. The molecule has 1 aliphatic heterocycles. The molecule has 23 heavy (non-hydrogen) atoms. The standard InChI is InChI=1S/C15H22BrN3O2.2ClH/c1-10(2)18-13-4-3-11(16)7-14(13)19-15(20)8-12-9-21-6-5-17-12;;/h3-4,7,10,12,17-18H,5-6,8-9H2,1-2H3,(H,19,20);2*1H. The topological polar surface area (TPSA) is 62.4 Å². The Morgan fingerprint density at radius 2 is 2.13 bits per heavy atom. The van der Waals surface area contributed by atoms with Gasteiger partial charge in [-0.2, -0.15) is 0 Å². The molecule has 1 aromatic rings. The fourth-order valence-corrected chi connectivity index (χ4v) is 2.59. The van der Waals surface area contributed by atoms with Crippen LogP contribution >= 0.6 is 40.7 Å². The molecule has 1 aromatic carbocycles. The van der Waals surface area contributed by atoms with Crippen LogP contribution in [0.4, 0.5) is 11.4 Å². The predicted molar refractivity (Wildman–Crippen MR) is 103 cm³/mol. The number of carbonyl (C=O) groups excluding carboxylic acids is 1. The van der Waals surface area contributed by atoms with E-state index in [-0.39, 0.29) is 36.8 Å². The van der Waals surface area contributed by atoms with E-state index in [1.54, 1.807) is 0 Å². The van der Waals surface area contributed by atoms with Gasteiger partial charge in [0.25, 0.3) is 0 Å². The second-order valence-electron chi connectivity index (χ2n) is 5.47. The third-order valence-electron chi connectivity index (χ3n) is 3.13. The van der Waals surface area contributed by atoms with Crippen molar-refractivity contribution in [3.8, 4) is 0 Å². The third kappa shape index (κ3) is 7.72. The number of nitrogens with one attached hydrogen (secondary N) is 3. The molecule has 1 amide bonds. The Bertz CT molecular complexity index is 498. The number of carbonyl (C=O) groups is 1. The summed E-state index contributed by atoms with van der Waals surface area (Å²) in [5.41, 5.74) is 1.72. The van der Waals surface area contributed by atoms with Crippen molar-refractivity contribution < 1.29 is 9.53 Å². The molecule has 0 saturated carbocycles. The number of hydrogen-bond donors (Lipinski definition) is 3. The number of morpholine rings is 1. The predicted octanol–water partition coefficient (Wildman–Crippen LogP) is 3.43. The summed E-state index contributed by atoms with van der Waals surface area (Å²) in [7, 11) is 0. The van der Waals surface area contributed by atoms with Crippen LogP contribution in [0.2, 0.25) is 0 Å². The van der Waals surface area contributed by atoms with Crippen molar-refractivity contribution >= 4 is 58.0 Å². The van der Waals surface area contributed by atoms with Gasteiger partial charge >= 0.3 is 0 Å². The van der Waals surface area contributed by atoms with Crippen molar-refractivity contribution in [2.24, 2.45) is 0 Å². The molecule has 1 saturated heterocycles. The SMILES string of the molecule is CC(C)Nc1ccc(Br)cc1NC(=O)CC1COCCN1.Cl.Cl. The second-order valence-corrected chi connectivity index (χ2v) is 6.38. The Kier molecular flexibility index (Phi) is 10.8. The first-order valence-corrected chi connectivity index (χ1v) is 8.01. The minimum Gasteiger partial charge on any atom is -0.381 e. The summed E-state index contributed by atoms with van der Waals surface area (Å²) in [5, 5.41) is 9.59. The van der Waals surface area contributed by atoms with Gasteiger partial charge in [-0.1, -0.05) is 15.9 Å². The second kappa shape index (κ2) is 11.1. The first-order valence-electron chi connectivity index (χ1n) is 7.21. The maximum absolute atomic E-state index is 12.2. The smallest absolute Gasteiger partial charge is 0.226 e. The molecule has 3 N–H and O–H groups in total.